The Morgan fingerprint density at radius 2 is 2.00 bits per heavy atom. The Hall–Kier alpha value is -1.75. The van der Waals surface area contributed by atoms with Gasteiger partial charge in [0.25, 0.3) is 0 Å². The second-order valence-electron chi connectivity index (χ2n) is 5.24. The van der Waals surface area contributed by atoms with Crippen LogP contribution in [0.5, 0.6) is 11.5 Å². The van der Waals surface area contributed by atoms with Gasteiger partial charge in [-0.15, -0.1) is 0 Å². The van der Waals surface area contributed by atoms with E-state index in [0.717, 1.165) is 17.1 Å². The molecule has 1 aromatic rings. The summed E-state index contributed by atoms with van der Waals surface area (Å²) in [6.07, 6.45) is 0.450. The summed E-state index contributed by atoms with van der Waals surface area (Å²) in [7, 11) is 0. The van der Waals surface area contributed by atoms with Gasteiger partial charge in [-0.2, -0.15) is 0 Å². The molecule has 1 amide bonds. The van der Waals surface area contributed by atoms with Crippen LogP contribution in [0.1, 0.15) is 31.9 Å². The normalized spacial score (nSPS) is 16.4. The molecule has 0 fully saturated rings. The van der Waals surface area contributed by atoms with E-state index in [0.29, 0.717) is 26.2 Å². The summed E-state index contributed by atoms with van der Waals surface area (Å²) in [5, 5.41) is 2.98. The lowest BCUT2D eigenvalue weighted by atomic mass is 10.1. The van der Waals surface area contributed by atoms with Gasteiger partial charge in [-0.25, -0.2) is 0 Å². The Bertz CT molecular complexity index is 476. The zero-order chi connectivity index (χ0) is 14.5. The third-order valence-electron chi connectivity index (χ3n) is 3.38. The number of ether oxygens (including phenoxy) is 2. The fourth-order valence-corrected chi connectivity index (χ4v) is 2.11. The molecule has 0 spiro atoms. The van der Waals surface area contributed by atoms with Gasteiger partial charge in [0.1, 0.15) is 13.2 Å². The molecule has 20 heavy (non-hydrogen) atoms. The topological polar surface area (TPSA) is 73.6 Å². The highest BCUT2D eigenvalue weighted by Gasteiger charge is 2.16. The standard InChI is InChI=1S/C15H22N2O3/c1-10(9-16)7-15(18)17-11(2)12-3-4-13-14(8-12)20-6-5-19-13/h3-4,8,10-11H,5-7,9,16H2,1-2H3,(H,17,18). The minimum Gasteiger partial charge on any atom is -0.486 e. The smallest absolute Gasteiger partial charge is 0.220 e. The first-order valence-electron chi connectivity index (χ1n) is 6.99. The summed E-state index contributed by atoms with van der Waals surface area (Å²) < 4.78 is 11.0. The first kappa shape index (κ1) is 14.7. The average molecular weight is 278 g/mol. The number of nitrogens with two attached hydrogens (primary N) is 1. The van der Waals surface area contributed by atoms with Crippen molar-refractivity contribution in [2.45, 2.75) is 26.3 Å². The van der Waals surface area contributed by atoms with Crippen molar-refractivity contribution >= 4 is 5.91 Å². The van der Waals surface area contributed by atoms with Crippen molar-refractivity contribution in [2.75, 3.05) is 19.8 Å². The lowest BCUT2D eigenvalue weighted by Crippen LogP contribution is -2.29. The highest BCUT2D eigenvalue weighted by Crippen LogP contribution is 2.32. The number of carbonyl (C=O) groups is 1. The molecular weight excluding hydrogens is 256 g/mol. The van der Waals surface area contributed by atoms with Gasteiger partial charge in [-0.3, -0.25) is 4.79 Å². The van der Waals surface area contributed by atoms with E-state index in [1.807, 2.05) is 32.0 Å². The van der Waals surface area contributed by atoms with E-state index in [9.17, 15) is 4.79 Å². The number of fused-ring (bicyclic) bond motifs is 1. The van der Waals surface area contributed by atoms with Crippen LogP contribution in [0, 0.1) is 5.92 Å². The molecule has 0 saturated carbocycles. The third kappa shape index (κ3) is 3.63. The number of hydrogen-bond acceptors (Lipinski definition) is 4. The fourth-order valence-electron chi connectivity index (χ4n) is 2.11. The largest absolute Gasteiger partial charge is 0.486 e. The van der Waals surface area contributed by atoms with Crippen LogP contribution in [0.15, 0.2) is 18.2 Å². The maximum atomic E-state index is 11.9. The molecule has 1 aliphatic heterocycles. The lowest BCUT2D eigenvalue weighted by molar-refractivity contribution is -0.122. The predicted molar refractivity (Wildman–Crippen MR) is 76.8 cm³/mol. The Morgan fingerprint density at radius 1 is 1.30 bits per heavy atom. The van der Waals surface area contributed by atoms with Crippen LogP contribution >= 0.6 is 0 Å². The monoisotopic (exact) mass is 278 g/mol. The van der Waals surface area contributed by atoms with E-state index >= 15 is 0 Å². The van der Waals surface area contributed by atoms with E-state index in [2.05, 4.69) is 5.32 Å². The molecule has 2 unspecified atom stereocenters. The predicted octanol–water partition coefficient (Wildman–Crippen LogP) is 1.62. The zero-order valence-electron chi connectivity index (χ0n) is 12.0. The van der Waals surface area contributed by atoms with E-state index < -0.39 is 0 Å². The minimum absolute atomic E-state index is 0.0188. The molecular formula is C15H22N2O3. The van der Waals surface area contributed by atoms with Crippen molar-refractivity contribution in [1.29, 1.82) is 0 Å². The lowest BCUT2D eigenvalue weighted by Gasteiger charge is -2.21. The van der Waals surface area contributed by atoms with Crippen LogP contribution < -0.4 is 20.5 Å². The van der Waals surface area contributed by atoms with Crippen LogP contribution in [0.25, 0.3) is 0 Å². The maximum absolute atomic E-state index is 11.9. The Kier molecular flexibility index (Phi) is 4.84. The van der Waals surface area contributed by atoms with Crippen LogP contribution in [0.4, 0.5) is 0 Å². The number of nitrogens with one attached hydrogen (secondary N) is 1. The summed E-state index contributed by atoms with van der Waals surface area (Å²) >= 11 is 0. The van der Waals surface area contributed by atoms with Gasteiger partial charge < -0.3 is 20.5 Å². The molecule has 0 aromatic heterocycles. The number of hydrogen-bond donors (Lipinski definition) is 2. The molecule has 0 saturated heterocycles. The third-order valence-corrected chi connectivity index (χ3v) is 3.38. The molecule has 2 atom stereocenters. The van der Waals surface area contributed by atoms with Crippen molar-refractivity contribution in [3.05, 3.63) is 23.8 Å². The van der Waals surface area contributed by atoms with Gasteiger partial charge in [0.05, 0.1) is 6.04 Å². The average Bonchev–Trinajstić information content (AvgIpc) is 2.46. The first-order chi connectivity index (χ1) is 9.60. The molecule has 1 aromatic carbocycles. The van der Waals surface area contributed by atoms with Crippen molar-refractivity contribution in [2.24, 2.45) is 11.7 Å². The molecule has 110 valence electrons. The van der Waals surface area contributed by atoms with Crippen molar-refractivity contribution in [1.82, 2.24) is 5.32 Å². The van der Waals surface area contributed by atoms with Crippen molar-refractivity contribution in [3.63, 3.8) is 0 Å². The van der Waals surface area contributed by atoms with E-state index in [1.165, 1.54) is 0 Å². The summed E-state index contributed by atoms with van der Waals surface area (Å²) in [6.45, 7) is 5.58. The second-order valence-corrected chi connectivity index (χ2v) is 5.24. The minimum atomic E-state index is -0.0664. The number of benzene rings is 1. The molecule has 5 heteroatoms. The van der Waals surface area contributed by atoms with E-state index in [1.54, 1.807) is 0 Å². The summed E-state index contributed by atoms with van der Waals surface area (Å²) in [6, 6.07) is 5.69. The summed E-state index contributed by atoms with van der Waals surface area (Å²) in [5.74, 6) is 1.72. The molecule has 5 nitrogen and oxygen atoms in total. The van der Waals surface area contributed by atoms with Crippen LogP contribution in [-0.4, -0.2) is 25.7 Å². The van der Waals surface area contributed by atoms with Crippen molar-refractivity contribution < 1.29 is 14.3 Å². The van der Waals surface area contributed by atoms with Crippen LogP contribution in [0.2, 0.25) is 0 Å². The first-order valence-corrected chi connectivity index (χ1v) is 6.99. The Labute approximate surface area is 119 Å². The summed E-state index contributed by atoms with van der Waals surface area (Å²) in [5.41, 5.74) is 6.53. The number of carbonyl (C=O) groups excluding carboxylic acids is 1. The van der Waals surface area contributed by atoms with E-state index in [4.69, 9.17) is 15.2 Å². The summed E-state index contributed by atoms with van der Waals surface area (Å²) in [4.78, 5) is 11.9. The molecule has 2 rings (SSSR count). The SMILES string of the molecule is CC(CN)CC(=O)NC(C)c1ccc2c(c1)OCCO2. The van der Waals surface area contributed by atoms with Gasteiger partial charge in [-0.1, -0.05) is 13.0 Å². The quantitative estimate of drug-likeness (QED) is 0.858. The van der Waals surface area contributed by atoms with Gasteiger partial charge in [-0.05, 0) is 37.1 Å². The Morgan fingerprint density at radius 3 is 2.70 bits per heavy atom. The van der Waals surface area contributed by atoms with Crippen LogP contribution in [-0.2, 0) is 4.79 Å². The number of amides is 1. The highest BCUT2D eigenvalue weighted by molar-refractivity contribution is 5.76. The Balaban J connectivity index is 1.98. The molecule has 0 bridgehead atoms. The maximum Gasteiger partial charge on any atom is 0.220 e. The van der Waals surface area contributed by atoms with E-state index in [-0.39, 0.29) is 17.9 Å². The van der Waals surface area contributed by atoms with Gasteiger partial charge in [0.2, 0.25) is 5.91 Å². The molecule has 3 N–H and O–H groups in total. The molecule has 0 aliphatic carbocycles. The molecule has 0 radical (unpaired) electrons. The van der Waals surface area contributed by atoms with Gasteiger partial charge in [0.15, 0.2) is 11.5 Å². The second kappa shape index (κ2) is 6.61. The van der Waals surface area contributed by atoms with Gasteiger partial charge in [0, 0.05) is 6.42 Å². The zero-order valence-corrected chi connectivity index (χ0v) is 12.0. The fraction of sp³-hybridized carbons (Fsp3) is 0.533. The molecule has 1 aliphatic rings. The number of rotatable bonds is 5. The highest BCUT2D eigenvalue weighted by atomic mass is 16.6. The van der Waals surface area contributed by atoms with Crippen LogP contribution in [0.3, 0.4) is 0 Å². The van der Waals surface area contributed by atoms with Gasteiger partial charge >= 0.3 is 0 Å². The van der Waals surface area contributed by atoms with Crippen molar-refractivity contribution in [3.8, 4) is 11.5 Å². The molecule has 1 heterocycles.